The number of nitrogens with one attached hydrogen (secondary N) is 1. The third-order valence-corrected chi connectivity index (χ3v) is 6.60. The van der Waals surface area contributed by atoms with Crippen molar-refractivity contribution in [3.05, 3.63) is 47.0 Å². The van der Waals surface area contributed by atoms with Crippen molar-refractivity contribution in [2.45, 2.75) is 19.6 Å². The first-order valence-corrected chi connectivity index (χ1v) is 11.1. The van der Waals surface area contributed by atoms with Crippen LogP contribution in [0.1, 0.15) is 25.2 Å². The molecule has 1 N–H and O–H groups in total. The maximum atomic E-state index is 13.7. The summed E-state index contributed by atoms with van der Waals surface area (Å²) in [6.07, 6.45) is 0. The Hall–Kier alpha value is -1.92. The van der Waals surface area contributed by atoms with Crippen molar-refractivity contribution >= 4 is 24.9 Å². The zero-order chi connectivity index (χ0) is 21.4. The summed E-state index contributed by atoms with van der Waals surface area (Å²) in [5.74, 6) is 0.455. The second-order valence-corrected chi connectivity index (χ2v) is 8.44. The first-order chi connectivity index (χ1) is 13.9. The summed E-state index contributed by atoms with van der Waals surface area (Å²) >= 11 is 6.12. The maximum Gasteiger partial charge on any atom is 0.357 e. The van der Waals surface area contributed by atoms with Crippen molar-refractivity contribution in [2.24, 2.45) is 0 Å². The van der Waals surface area contributed by atoms with Crippen LogP contribution in [0.15, 0.2) is 36.4 Å². The molecule has 1 atom stereocenters. The molecule has 0 bridgehead atoms. The molecule has 0 saturated heterocycles. The fraction of sp³-hybridized carbons (Fsp3) is 0.400. The van der Waals surface area contributed by atoms with Gasteiger partial charge in [0.2, 0.25) is 5.75 Å². The lowest BCUT2D eigenvalue weighted by molar-refractivity contribution is 0.214. The van der Waals surface area contributed by atoms with Crippen LogP contribution in [0.25, 0.3) is 0 Å². The predicted molar refractivity (Wildman–Crippen MR) is 115 cm³/mol. The molecule has 2 aromatic rings. The molecule has 0 fully saturated rings. The molecular formula is C20H27ClNO6P. The van der Waals surface area contributed by atoms with Gasteiger partial charge in [0.05, 0.1) is 34.5 Å². The van der Waals surface area contributed by atoms with Crippen molar-refractivity contribution in [3.8, 4) is 17.2 Å². The number of methoxy groups -OCH3 is 3. The van der Waals surface area contributed by atoms with Crippen molar-refractivity contribution in [1.29, 1.82) is 0 Å². The molecule has 0 aliphatic heterocycles. The molecule has 9 heteroatoms. The van der Waals surface area contributed by atoms with Crippen LogP contribution >= 0.6 is 19.2 Å². The normalized spacial score (nSPS) is 12.3. The molecule has 29 heavy (non-hydrogen) atoms. The van der Waals surface area contributed by atoms with Gasteiger partial charge >= 0.3 is 7.60 Å². The van der Waals surface area contributed by atoms with Gasteiger partial charge in [-0.15, -0.1) is 0 Å². The molecular weight excluding hydrogens is 417 g/mol. The summed E-state index contributed by atoms with van der Waals surface area (Å²) < 4.78 is 41.2. The summed E-state index contributed by atoms with van der Waals surface area (Å²) in [7, 11) is 0.937. The minimum Gasteiger partial charge on any atom is -0.493 e. The van der Waals surface area contributed by atoms with Crippen LogP contribution in [-0.4, -0.2) is 34.5 Å². The largest absolute Gasteiger partial charge is 0.493 e. The minimum atomic E-state index is -3.62. The Balaban J connectivity index is 2.64. The van der Waals surface area contributed by atoms with E-state index in [-0.39, 0.29) is 13.2 Å². The summed E-state index contributed by atoms with van der Waals surface area (Å²) in [6, 6.07) is 10.5. The Labute approximate surface area is 176 Å². The third kappa shape index (κ3) is 5.58. The summed E-state index contributed by atoms with van der Waals surface area (Å²) in [5.41, 5.74) is 1.25. The van der Waals surface area contributed by atoms with E-state index in [4.69, 9.17) is 34.9 Å². The second kappa shape index (κ2) is 10.7. The van der Waals surface area contributed by atoms with E-state index in [0.29, 0.717) is 33.5 Å². The van der Waals surface area contributed by atoms with Crippen molar-refractivity contribution in [1.82, 2.24) is 0 Å². The van der Waals surface area contributed by atoms with Crippen molar-refractivity contribution in [3.63, 3.8) is 0 Å². The highest BCUT2D eigenvalue weighted by Crippen LogP contribution is 2.61. The van der Waals surface area contributed by atoms with Crippen LogP contribution < -0.4 is 19.5 Å². The molecule has 0 spiro atoms. The van der Waals surface area contributed by atoms with Crippen LogP contribution in [0.3, 0.4) is 0 Å². The molecule has 0 aliphatic carbocycles. The second-order valence-electron chi connectivity index (χ2n) is 5.89. The van der Waals surface area contributed by atoms with Crippen LogP contribution in [0, 0.1) is 0 Å². The topological polar surface area (TPSA) is 75.3 Å². The lowest BCUT2D eigenvalue weighted by atomic mass is 10.1. The number of ether oxygens (including phenoxy) is 3. The molecule has 160 valence electrons. The molecule has 0 aromatic heterocycles. The highest BCUT2D eigenvalue weighted by atomic mass is 35.5. The molecule has 0 heterocycles. The Morgan fingerprint density at radius 1 is 0.966 bits per heavy atom. The van der Waals surface area contributed by atoms with Gasteiger partial charge in [-0.25, -0.2) is 0 Å². The molecule has 0 aliphatic rings. The van der Waals surface area contributed by atoms with E-state index < -0.39 is 13.4 Å². The van der Waals surface area contributed by atoms with Crippen LogP contribution in [0.5, 0.6) is 17.2 Å². The number of rotatable bonds is 11. The monoisotopic (exact) mass is 443 g/mol. The number of halogens is 1. The number of anilines is 1. The fourth-order valence-electron chi connectivity index (χ4n) is 2.89. The highest BCUT2D eigenvalue weighted by Gasteiger charge is 2.38. The fourth-order valence-corrected chi connectivity index (χ4v) is 4.99. The predicted octanol–water partition coefficient (Wildman–Crippen LogP) is 5.74. The van der Waals surface area contributed by atoms with Crippen LogP contribution in [-0.2, 0) is 13.6 Å². The standard InChI is InChI=1S/C20H27ClNO6P/c1-6-27-29(23,28-7-2)20(22-16-10-8-9-15(21)13-16)14-11-17(24-3)19(26-5)18(12-14)25-4/h8-13,20,22H,6-7H2,1-5H3. The molecule has 2 rings (SSSR count). The van der Waals surface area contributed by atoms with Crippen LogP contribution in [0.4, 0.5) is 5.69 Å². The average Bonchev–Trinajstić information content (AvgIpc) is 2.71. The SMILES string of the molecule is CCOP(=O)(OCC)C(Nc1cccc(Cl)c1)c1cc(OC)c(OC)c(OC)c1. The lowest BCUT2D eigenvalue weighted by Crippen LogP contribution is -2.16. The van der Waals surface area contributed by atoms with E-state index in [0.717, 1.165) is 0 Å². The van der Waals surface area contributed by atoms with Gasteiger partial charge in [-0.2, -0.15) is 0 Å². The van der Waals surface area contributed by atoms with Crippen molar-refractivity contribution < 1.29 is 27.8 Å². The van der Waals surface area contributed by atoms with E-state index in [9.17, 15) is 4.57 Å². The van der Waals surface area contributed by atoms with Gasteiger partial charge < -0.3 is 28.6 Å². The summed E-state index contributed by atoms with van der Waals surface area (Å²) in [5, 5.41) is 3.78. The third-order valence-electron chi connectivity index (χ3n) is 4.07. The highest BCUT2D eigenvalue weighted by molar-refractivity contribution is 7.54. The molecule has 7 nitrogen and oxygen atoms in total. The number of benzene rings is 2. The number of hydrogen-bond acceptors (Lipinski definition) is 7. The Morgan fingerprint density at radius 3 is 2.00 bits per heavy atom. The van der Waals surface area contributed by atoms with Gasteiger partial charge in [0, 0.05) is 10.7 Å². The maximum absolute atomic E-state index is 13.7. The molecule has 0 amide bonds. The quantitative estimate of drug-likeness (QED) is 0.443. The lowest BCUT2D eigenvalue weighted by Gasteiger charge is -2.29. The van der Waals surface area contributed by atoms with Gasteiger partial charge in [-0.05, 0) is 49.7 Å². The smallest absolute Gasteiger partial charge is 0.357 e. The van der Waals surface area contributed by atoms with Gasteiger partial charge in [-0.1, -0.05) is 17.7 Å². The van der Waals surface area contributed by atoms with Gasteiger partial charge in [-0.3, -0.25) is 4.57 Å². The van der Waals surface area contributed by atoms with E-state index in [1.807, 2.05) is 6.07 Å². The molecule has 2 aromatic carbocycles. The van der Waals surface area contributed by atoms with Gasteiger partial charge in [0.15, 0.2) is 17.3 Å². The van der Waals surface area contributed by atoms with E-state index in [2.05, 4.69) is 5.32 Å². The van der Waals surface area contributed by atoms with Crippen molar-refractivity contribution in [2.75, 3.05) is 39.9 Å². The average molecular weight is 444 g/mol. The van der Waals surface area contributed by atoms with Gasteiger partial charge in [0.25, 0.3) is 0 Å². The first-order valence-electron chi connectivity index (χ1n) is 9.13. The van der Waals surface area contributed by atoms with E-state index in [1.165, 1.54) is 21.3 Å². The zero-order valence-corrected chi connectivity index (χ0v) is 18.9. The van der Waals surface area contributed by atoms with E-state index in [1.54, 1.807) is 44.2 Å². The summed E-state index contributed by atoms with van der Waals surface area (Å²) in [4.78, 5) is 0. The summed E-state index contributed by atoms with van der Waals surface area (Å²) in [6.45, 7) is 3.96. The Morgan fingerprint density at radius 2 is 1.55 bits per heavy atom. The van der Waals surface area contributed by atoms with Gasteiger partial charge in [0.1, 0.15) is 0 Å². The van der Waals surface area contributed by atoms with Crippen LogP contribution in [0.2, 0.25) is 5.02 Å². The zero-order valence-electron chi connectivity index (χ0n) is 17.2. The Bertz CT molecular complexity index is 828. The first kappa shape index (κ1) is 23.4. The van der Waals surface area contributed by atoms with E-state index >= 15 is 0 Å². The molecule has 0 radical (unpaired) electrons. The molecule has 0 saturated carbocycles. The number of hydrogen-bond donors (Lipinski definition) is 1. The molecule has 1 unspecified atom stereocenters. The minimum absolute atomic E-state index is 0.218. The Kier molecular flexibility index (Phi) is 8.65.